The lowest BCUT2D eigenvalue weighted by molar-refractivity contribution is -0.0779. The molecule has 0 aliphatic heterocycles. The van der Waals surface area contributed by atoms with Gasteiger partial charge >= 0.3 is 0 Å². The van der Waals surface area contributed by atoms with Crippen molar-refractivity contribution in [3.8, 4) is 0 Å². The number of rotatable bonds is 2. The molecule has 1 aliphatic rings. The molecule has 1 fully saturated rings. The molecule has 1 saturated carbocycles. The summed E-state index contributed by atoms with van der Waals surface area (Å²) in [6, 6.07) is 3.61. The lowest BCUT2D eigenvalue weighted by atomic mass is 9.55. The molecule has 1 aliphatic carbocycles. The topological polar surface area (TPSA) is 20.2 Å². The third kappa shape index (κ3) is 1.63. The highest BCUT2D eigenvalue weighted by Crippen LogP contribution is 2.54. The van der Waals surface area contributed by atoms with Gasteiger partial charge in [-0.25, -0.2) is 8.78 Å². The van der Waals surface area contributed by atoms with Gasteiger partial charge in [0.05, 0.1) is 6.10 Å². The monoisotopic (exact) mass is 226 g/mol. The summed E-state index contributed by atoms with van der Waals surface area (Å²) >= 11 is 0. The predicted molar refractivity (Wildman–Crippen MR) is 58.1 cm³/mol. The van der Waals surface area contributed by atoms with Gasteiger partial charge in [-0.3, -0.25) is 0 Å². The Balaban J connectivity index is 2.32. The molecule has 0 saturated heterocycles. The molecular weight excluding hydrogens is 210 g/mol. The molecule has 1 N–H and O–H groups in total. The second kappa shape index (κ2) is 3.81. The van der Waals surface area contributed by atoms with Crippen LogP contribution < -0.4 is 0 Å². The van der Waals surface area contributed by atoms with Crippen LogP contribution >= 0.6 is 0 Å². The molecule has 2 rings (SSSR count). The molecule has 1 nitrogen and oxygen atoms in total. The Labute approximate surface area is 94.1 Å². The average Bonchev–Trinajstić information content (AvgIpc) is 2.23. The predicted octanol–water partition coefficient (Wildman–Crippen LogP) is 3.23. The molecule has 0 heterocycles. The zero-order valence-corrected chi connectivity index (χ0v) is 9.50. The highest BCUT2D eigenvalue weighted by atomic mass is 19.1. The molecule has 1 aromatic rings. The average molecular weight is 226 g/mol. The van der Waals surface area contributed by atoms with E-state index in [2.05, 4.69) is 0 Å². The Morgan fingerprint density at radius 3 is 2.31 bits per heavy atom. The van der Waals surface area contributed by atoms with E-state index >= 15 is 0 Å². The van der Waals surface area contributed by atoms with E-state index in [1.807, 2.05) is 13.8 Å². The minimum Gasteiger partial charge on any atom is -0.393 e. The molecule has 88 valence electrons. The largest absolute Gasteiger partial charge is 0.393 e. The Hall–Kier alpha value is -0.960. The Morgan fingerprint density at radius 1 is 1.31 bits per heavy atom. The Bertz CT molecular complexity index is 385. The van der Waals surface area contributed by atoms with Crippen LogP contribution in [-0.2, 0) is 0 Å². The maximum absolute atomic E-state index is 13.1. The van der Waals surface area contributed by atoms with Crippen molar-refractivity contribution >= 4 is 0 Å². The summed E-state index contributed by atoms with van der Waals surface area (Å²) in [6.07, 6.45) is 1.03. The molecule has 3 atom stereocenters. The third-order valence-corrected chi connectivity index (χ3v) is 4.07. The maximum atomic E-state index is 13.1. The van der Waals surface area contributed by atoms with E-state index in [4.69, 9.17) is 0 Å². The highest BCUT2D eigenvalue weighted by Gasteiger charge is 2.50. The van der Waals surface area contributed by atoms with Crippen molar-refractivity contribution in [2.24, 2.45) is 5.41 Å². The smallest absolute Gasteiger partial charge is 0.126 e. The van der Waals surface area contributed by atoms with E-state index in [0.717, 1.165) is 12.5 Å². The molecular formula is C13H16F2O. The van der Waals surface area contributed by atoms with Crippen molar-refractivity contribution < 1.29 is 13.9 Å². The second-order valence-electron chi connectivity index (χ2n) is 4.87. The van der Waals surface area contributed by atoms with Gasteiger partial charge in [-0.2, -0.15) is 0 Å². The van der Waals surface area contributed by atoms with Crippen LogP contribution in [0.5, 0.6) is 0 Å². The summed E-state index contributed by atoms with van der Waals surface area (Å²) in [4.78, 5) is 0. The summed E-state index contributed by atoms with van der Waals surface area (Å²) in [5.74, 6) is -1.04. The highest BCUT2D eigenvalue weighted by molar-refractivity contribution is 5.28. The van der Waals surface area contributed by atoms with Crippen LogP contribution in [0.25, 0.3) is 0 Å². The lowest BCUT2D eigenvalue weighted by Crippen LogP contribution is -2.49. The quantitative estimate of drug-likeness (QED) is 0.820. The number of benzene rings is 1. The van der Waals surface area contributed by atoms with E-state index < -0.39 is 11.6 Å². The van der Waals surface area contributed by atoms with E-state index in [-0.39, 0.29) is 17.4 Å². The molecule has 3 heteroatoms. The van der Waals surface area contributed by atoms with Crippen LogP contribution in [0.3, 0.4) is 0 Å². The fourth-order valence-electron chi connectivity index (χ4n) is 2.61. The number of aliphatic hydroxyl groups excluding tert-OH is 1. The fraction of sp³-hybridized carbons (Fsp3) is 0.538. The molecule has 0 radical (unpaired) electrons. The van der Waals surface area contributed by atoms with Crippen molar-refractivity contribution in [3.05, 3.63) is 35.4 Å². The molecule has 0 amide bonds. The standard InChI is InChI=1S/C13H16F2O/c1-3-13(2)11(7-12(13)16)8-4-9(14)6-10(15)5-8/h4-6,11-12,16H,3,7H2,1-2H3. The second-order valence-corrected chi connectivity index (χ2v) is 4.87. The summed E-state index contributed by atoms with van der Waals surface area (Å²) < 4.78 is 26.2. The van der Waals surface area contributed by atoms with E-state index in [9.17, 15) is 13.9 Å². The minimum absolute atomic E-state index is 0.0534. The van der Waals surface area contributed by atoms with Crippen molar-refractivity contribution in [3.63, 3.8) is 0 Å². The van der Waals surface area contributed by atoms with Gasteiger partial charge in [0.15, 0.2) is 0 Å². The van der Waals surface area contributed by atoms with Crippen LogP contribution in [0.4, 0.5) is 8.78 Å². The van der Waals surface area contributed by atoms with Crippen molar-refractivity contribution in [1.29, 1.82) is 0 Å². The lowest BCUT2D eigenvalue weighted by Gasteiger charge is -2.51. The number of hydrogen-bond acceptors (Lipinski definition) is 1. The summed E-state index contributed by atoms with van der Waals surface area (Å²) in [7, 11) is 0. The normalized spacial score (nSPS) is 33.6. The molecule has 3 unspecified atom stereocenters. The summed E-state index contributed by atoms with van der Waals surface area (Å²) in [5.41, 5.74) is 0.410. The molecule has 0 bridgehead atoms. The van der Waals surface area contributed by atoms with E-state index in [1.165, 1.54) is 12.1 Å². The van der Waals surface area contributed by atoms with Crippen molar-refractivity contribution in [2.45, 2.75) is 38.7 Å². The van der Waals surface area contributed by atoms with Crippen LogP contribution in [-0.4, -0.2) is 11.2 Å². The van der Waals surface area contributed by atoms with Gasteiger partial charge in [0.2, 0.25) is 0 Å². The third-order valence-electron chi connectivity index (χ3n) is 4.07. The minimum atomic E-state index is -0.546. The number of aliphatic hydroxyl groups is 1. The van der Waals surface area contributed by atoms with Gasteiger partial charge in [-0.15, -0.1) is 0 Å². The number of halogens is 2. The Kier molecular flexibility index (Phi) is 2.74. The van der Waals surface area contributed by atoms with Gasteiger partial charge < -0.3 is 5.11 Å². The van der Waals surface area contributed by atoms with Crippen LogP contribution in [0.1, 0.15) is 38.2 Å². The summed E-state index contributed by atoms with van der Waals surface area (Å²) in [6.45, 7) is 3.96. The summed E-state index contributed by atoms with van der Waals surface area (Å²) in [5, 5.41) is 9.75. The zero-order valence-electron chi connectivity index (χ0n) is 9.50. The van der Waals surface area contributed by atoms with Crippen molar-refractivity contribution in [2.75, 3.05) is 0 Å². The first-order valence-electron chi connectivity index (χ1n) is 5.61. The first-order valence-corrected chi connectivity index (χ1v) is 5.61. The number of hydrogen-bond donors (Lipinski definition) is 1. The first kappa shape index (κ1) is 11.5. The molecule has 1 aromatic carbocycles. The van der Waals surface area contributed by atoms with Gasteiger partial charge in [-0.05, 0) is 36.5 Å². The maximum Gasteiger partial charge on any atom is 0.126 e. The molecule has 0 aromatic heterocycles. The van der Waals surface area contributed by atoms with Gasteiger partial charge in [0.1, 0.15) is 11.6 Å². The van der Waals surface area contributed by atoms with Gasteiger partial charge in [0.25, 0.3) is 0 Å². The fourth-order valence-corrected chi connectivity index (χ4v) is 2.61. The zero-order chi connectivity index (χ0) is 11.9. The van der Waals surface area contributed by atoms with E-state index in [0.29, 0.717) is 12.0 Å². The van der Waals surface area contributed by atoms with E-state index in [1.54, 1.807) is 0 Å². The molecule has 16 heavy (non-hydrogen) atoms. The SMILES string of the molecule is CCC1(C)C(O)CC1c1cc(F)cc(F)c1. The van der Waals surface area contributed by atoms with Crippen molar-refractivity contribution in [1.82, 2.24) is 0 Å². The van der Waals surface area contributed by atoms with Crippen LogP contribution in [0.15, 0.2) is 18.2 Å². The van der Waals surface area contributed by atoms with Gasteiger partial charge in [0, 0.05) is 11.5 Å². The van der Waals surface area contributed by atoms with Gasteiger partial charge in [-0.1, -0.05) is 13.8 Å². The molecule has 0 spiro atoms. The first-order chi connectivity index (χ1) is 7.47. The van der Waals surface area contributed by atoms with Crippen LogP contribution in [0.2, 0.25) is 0 Å². The van der Waals surface area contributed by atoms with Crippen LogP contribution in [0, 0.1) is 17.0 Å². The Morgan fingerprint density at radius 2 is 1.88 bits per heavy atom.